The van der Waals surface area contributed by atoms with E-state index in [-0.39, 0.29) is 10.0 Å². The van der Waals surface area contributed by atoms with Crippen molar-refractivity contribution < 1.29 is 0 Å². The van der Waals surface area contributed by atoms with E-state index in [9.17, 15) is 0 Å². The lowest BCUT2D eigenvalue weighted by atomic mass is 10.1. The minimum atomic E-state index is -0.0417. The molecule has 0 aliphatic carbocycles. The summed E-state index contributed by atoms with van der Waals surface area (Å²) < 4.78 is 0. The van der Waals surface area contributed by atoms with Gasteiger partial charge in [-0.1, -0.05) is 13.8 Å². The molecule has 0 aromatic carbocycles. The second-order valence-electron chi connectivity index (χ2n) is 4.18. The lowest BCUT2D eigenvalue weighted by Crippen LogP contribution is -2.14. The van der Waals surface area contributed by atoms with Crippen molar-refractivity contribution in [1.82, 2.24) is 0 Å². The SMILES string of the molecule is CC(C)S12CCC(CC1)C2. The average Bonchev–Trinajstić information content (AvgIpc) is 2.45. The highest BCUT2D eigenvalue weighted by Crippen LogP contribution is 2.65. The summed E-state index contributed by atoms with van der Waals surface area (Å²) >= 11 is 0. The molecule has 2 heterocycles. The maximum atomic E-state index is 2.45. The molecule has 2 aliphatic rings. The van der Waals surface area contributed by atoms with E-state index in [1.165, 1.54) is 0 Å². The van der Waals surface area contributed by atoms with E-state index in [1.807, 2.05) is 0 Å². The standard InChI is InChI=1S/C9H18S/c1-8(2)10-5-3-9(7-10)4-6-10/h8-9H,3-7H2,1-2H3. The third-order valence-electron chi connectivity index (χ3n) is 3.43. The molecule has 0 unspecified atom stereocenters. The first kappa shape index (κ1) is 7.02. The summed E-state index contributed by atoms with van der Waals surface area (Å²) in [5.74, 6) is 6.05. The van der Waals surface area contributed by atoms with E-state index >= 15 is 0 Å². The van der Waals surface area contributed by atoms with Gasteiger partial charge in [0, 0.05) is 0 Å². The van der Waals surface area contributed by atoms with Gasteiger partial charge in [-0.05, 0) is 41.3 Å². The number of fused-ring (bicyclic) bond motifs is 2. The molecule has 0 aromatic heterocycles. The largest absolute Gasteiger partial charge is 0.238 e. The molecule has 60 valence electrons. The lowest BCUT2D eigenvalue weighted by Gasteiger charge is -2.37. The van der Waals surface area contributed by atoms with Crippen LogP contribution in [0.15, 0.2) is 0 Å². The number of hydrogen-bond donors (Lipinski definition) is 0. The fourth-order valence-electron chi connectivity index (χ4n) is 2.52. The highest BCUT2D eigenvalue weighted by atomic mass is 32.3. The molecule has 0 N–H and O–H groups in total. The molecule has 2 aliphatic heterocycles. The Morgan fingerprint density at radius 1 is 1.20 bits per heavy atom. The molecular weight excluding hydrogens is 140 g/mol. The van der Waals surface area contributed by atoms with Gasteiger partial charge in [-0.25, -0.2) is 10.0 Å². The van der Waals surface area contributed by atoms with Crippen LogP contribution in [-0.4, -0.2) is 22.5 Å². The van der Waals surface area contributed by atoms with Gasteiger partial charge in [-0.2, -0.15) is 0 Å². The minimum Gasteiger partial charge on any atom is -0.238 e. The predicted octanol–water partition coefficient (Wildman–Crippen LogP) is 2.62. The van der Waals surface area contributed by atoms with Crippen molar-refractivity contribution in [2.75, 3.05) is 17.3 Å². The van der Waals surface area contributed by atoms with Crippen LogP contribution < -0.4 is 0 Å². The van der Waals surface area contributed by atoms with Crippen molar-refractivity contribution in [1.29, 1.82) is 0 Å². The first-order valence-electron chi connectivity index (χ1n) is 4.48. The molecule has 2 rings (SSSR count). The van der Waals surface area contributed by atoms with Crippen LogP contribution in [0.4, 0.5) is 0 Å². The van der Waals surface area contributed by atoms with Gasteiger partial charge in [-0.3, -0.25) is 0 Å². The first-order chi connectivity index (χ1) is 4.73. The zero-order valence-corrected chi connectivity index (χ0v) is 7.91. The van der Waals surface area contributed by atoms with Gasteiger partial charge in [-0.15, -0.1) is 0 Å². The van der Waals surface area contributed by atoms with Crippen LogP contribution in [0.1, 0.15) is 26.7 Å². The van der Waals surface area contributed by atoms with Gasteiger partial charge in [0.05, 0.1) is 0 Å². The Labute approximate surface area is 65.7 Å². The Hall–Kier alpha value is 0.350. The Balaban J connectivity index is 2.15. The third-order valence-corrected chi connectivity index (χ3v) is 8.67. The quantitative estimate of drug-likeness (QED) is 0.550. The molecule has 0 amide bonds. The molecule has 0 atom stereocenters. The highest BCUT2D eigenvalue weighted by molar-refractivity contribution is 8.34. The zero-order chi connectivity index (χ0) is 7.19. The molecule has 0 nitrogen and oxygen atoms in total. The number of hydrogen-bond acceptors (Lipinski definition) is 0. The van der Waals surface area contributed by atoms with E-state index in [4.69, 9.17) is 0 Å². The summed E-state index contributed by atoms with van der Waals surface area (Å²) in [6.45, 7) is 4.89. The van der Waals surface area contributed by atoms with E-state index < -0.39 is 0 Å². The van der Waals surface area contributed by atoms with Gasteiger partial charge in [0.2, 0.25) is 0 Å². The third kappa shape index (κ3) is 0.827. The molecule has 0 radical (unpaired) electrons. The second kappa shape index (κ2) is 2.17. The highest BCUT2D eigenvalue weighted by Gasteiger charge is 2.42. The molecule has 1 heteroatoms. The summed E-state index contributed by atoms with van der Waals surface area (Å²) in [6, 6.07) is 0. The van der Waals surface area contributed by atoms with E-state index in [1.54, 1.807) is 30.1 Å². The van der Waals surface area contributed by atoms with Crippen LogP contribution >= 0.6 is 10.0 Å². The summed E-state index contributed by atoms with van der Waals surface area (Å²) in [6.07, 6.45) is 3.15. The van der Waals surface area contributed by atoms with Crippen molar-refractivity contribution in [3.8, 4) is 0 Å². The van der Waals surface area contributed by atoms with Crippen LogP contribution in [0.2, 0.25) is 0 Å². The van der Waals surface area contributed by atoms with Crippen molar-refractivity contribution in [2.45, 2.75) is 31.9 Å². The summed E-state index contributed by atoms with van der Waals surface area (Å²) in [7, 11) is -0.0417. The summed E-state index contributed by atoms with van der Waals surface area (Å²) in [5, 5.41) is 1.03. The Morgan fingerprint density at radius 2 is 1.80 bits per heavy atom. The van der Waals surface area contributed by atoms with E-state index in [0.29, 0.717) is 0 Å². The molecule has 2 saturated heterocycles. The summed E-state index contributed by atoms with van der Waals surface area (Å²) in [5.41, 5.74) is 0. The van der Waals surface area contributed by atoms with Gasteiger partial charge in [0.15, 0.2) is 0 Å². The summed E-state index contributed by atoms with van der Waals surface area (Å²) in [4.78, 5) is 0. The van der Waals surface area contributed by atoms with Gasteiger partial charge >= 0.3 is 0 Å². The van der Waals surface area contributed by atoms with Crippen LogP contribution in [0.5, 0.6) is 0 Å². The van der Waals surface area contributed by atoms with Crippen LogP contribution in [0.3, 0.4) is 0 Å². The molecule has 10 heavy (non-hydrogen) atoms. The molecule has 2 fully saturated rings. The maximum Gasteiger partial charge on any atom is -0.0168 e. The lowest BCUT2D eigenvalue weighted by molar-refractivity contribution is 0.589. The molecular formula is C9H18S. The normalized spacial score (nSPS) is 51.7. The first-order valence-corrected chi connectivity index (χ1v) is 6.68. The molecule has 0 spiro atoms. The average molecular weight is 158 g/mol. The van der Waals surface area contributed by atoms with Crippen LogP contribution in [-0.2, 0) is 0 Å². The number of rotatable bonds is 1. The fourth-order valence-corrected chi connectivity index (χ4v) is 7.26. The smallest absolute Gasteiger partial charge is 0.0168 e. The minimum absolute atomic E-state index is 0.0417. The Kier molecular flexibility index (Phi) is 1.52. The maximum absolute atomic E-state index is 2.45. The molecule has 0 aromatic rings. The Bertz CT molecular complexity index is 132. The predicted molar refractivity (Wildman–Crippen MR) is 50.1 cm³/mol. The van der Waals surface area contributed by atoms with Crippen LogP contribution in [0, 0.1) is 5.92 Å². The van der Waals surface area contributed by atoms with E-state index in [2.05, 4.69) is 13.8 Å². The molecule has 2 bridgehead atoms. The van der Waals surface area contributed by atoms with Crippen molar-refractivity contribution >= 4 is 10.0 Å². The zero-order valence-electron chi connectivity index (χ0n) is 7.10. The van der Waals surface area contributed by atoms with Crippen LogP contribution in [0.25, 0.3) is 0 Å². The van der Waals surface area contributed by atoms with Crippen molar-refractivity contribution in [3.63, 3.8) is 0 Å². The van der Waals surface area contributed by atoms with Gasteiger partial charge in [0.25, 0.3) is 0 Å². The van der Waals surface area contributed by atoms with Gasteiger partial charge < -0.3 is 0 Å². The molecule has 0 saturated carbocycles. The Morgan fingerprint density at radius 3 is 2.00 bits per heavy atom. The topological polar surface area (TPSA) is 0 Å². The van der Waals surface area contributed by atoms with Crippen molar-refractivity contribution in [3.05, 3.63) is 0 Å². The van der Waals surface area contributed by atoms with Crippen molar-refractivity contribution in [2.24, 2.45) is 5.92 Å². The van der Waals surface area contributed by atoms with Gasteiger partial charge in [0.1, 0.15) is 0 Å². The fraction of sp³-hybridized carbons (Fsp3) is 1.00. The monoisotopic (exact) mass is 158 g/mol. The van der Waals surface area contributed by atoms with E-state index in [0.717, 1.165) is 11.2 Å². The second-order valence-corrected chi connectivity index (χ2v) is 8.50.